The summed E-state index contributed by atoms with van der Waals surface area (Å²) in [6, 6.07) is 15.5. The molecule has 7 nitrogen and oxygen atoms in total. The zero-order valence-corrected chi connectivity index (χ0v) is 22.9. The first-order valence-electron chi connectivity index (χ1n) is 13.5. The fourth-order valence-corrected chi connectivity index (χ4v) is 8.19. The Bertz CT molecular complexity index is 1680. The Hall–Kier alpha value is -4.22. The molecule has 0 saturated carbocycles. The van der Waals surface area contributed by atoms with Crippen molar-refractivity contribution >= 4 is 39.7 Å². The van der Waals surface area contributed by atoms with Gasteiger partial charge in [0.05, 0.1) is 30.4 Å². The summed E-state index contributed by atoms with van der Waals surface area (Å²) in [5.74, 6) is -3.29. The van der Waals surface area contributed by atoms with Gasteiger partial charge in [0.1, 0.15) is 22.6 Å². The number of fused-ring (bicyclic) bond motifs is 6. The van der Waals surface area contributed by atoms with Crippen LogP contribution in [0.3, 0.4) is 0 Å². The number of carbonyl (C=O) groups is 3. The molecule has 0 unspecified atom stereocenters. The van der Waals surface area contributed by atoms with Gasteiger partial charge in [-0.05, 0) is 73.1 Å². The first-order chi connectivity index (χ1) is 19.4. The third kappa shape index (κ3) is 3.50. The van der Waals surface area contributed by atoms with Crippen LogP contribution in [0.15, 0.2) is 48.5 Å². The number of ether oxygens (including phenoxy) is 2. The second kappa shape index (κ2) is 9.17. The molecule has 3 aromatic rings. The smallest absolute Gasteiger partial charge is 0.319 e. The number of anilines is 1. The average Bonchev–Trinajstić information content (AvgIpc) is 3.46. The van der Waals surface area contributed by atoms with E-state index in [2.05, 4.69) is 6.07 Å². The minimum Gasteiger partial charge on any atom is -0.497 e. The number of hydrogen-bond acceptors (Lipinski definition) is 7. The number of nitriles is 1. The van der Waals surface area contributed by atoms with Crippen LogP contribution < -0.4 is 14.4 Å². The molecule has 1 aromatic heterocycles. The highest BCUT2D eigenvalue weighted by atomic mass is 32.1. The van der Waals surface area contributed by atoms with Gasteiger partial charge in [0, 0.05) is 16.4 Å². The van der Waals surface area contributed by atoms with E-state index in [9.17, 15) is 19.6 Å². The number of allylic oxidation sites excluding steroid dienone is 1. The number of rotatable bonds is 3. The van der Waals surface area contributed by atoms with Gasteiger partial charge in [-0.2, -0.15) is 5.26 Å². The van der Waals surface area contributed by atoms with E-state index < -0.39 is 35.5 Å². The Balaban J connectivity index is 1.41. The second-order valence-electron chi connectivity index (χ2n) is 10.9. The second-order valence-corrected chi connectivity index (χ2v) is 12.0. The summed E-state index contributed by atoms with van der Waals surface area (Å²) in [6.45, 7) is 1.93. The van der Waals surface area contributed by atoms with Crippen molar-refractivity contribution in [2.75, 3.05) is 12.0 Å². The van der Waals surface area contributed by atoms with Gasteiger partial charge >= 0.3 is 5.97 Å². The van der Waals surface area contributed by atoms with Crippen LogP contribution in [-0.4, -0.2) is 24.9 Å². The van der Waals surface area contributed by atoms with Crippen LogP contribution in [0.2, 0.25) is 0 Å². The first kappa shape index (κ1) is 24.8. The summed E-state index contributed by atoms with van der Waals surface area (Å²) in [7, 11) is 1.59. The van der Waals surface area contributed by atoms with Crippen LogP contribution in [0.5, 0.6) is 11.5 Å². The number of nitrogens with zero attached hydrogens (tertiary/aromatic N) is 2. The summed E-state index contributed by atoms with van der Waals surface area (Å²) in [5, 5.41) is 10.5. The van der Waals surface area contributed by atoms with Crippen LogP contribution in [-0.2, 0) is 27.2 Å². The summed E-state index contributed by atoms with van der Waals surface area (Å²) in [6.07, 6.45) is 5.57. The van der Waals surface area contributed by atoms with Gasteiger partial charge in [-0.25, -0.2) is 4.90 Å². The van der Waals surface area contributed by atoms with Crippen molar-refractivity contribution in [3.63, 3.8) is 0 Å². The molecule has 200 valence electrons. The molecule has 8 heteroatoms. The maximum atomic E-state index is 14.3. The van der Waals surface area contributed by atoms with Gasteiger partial charge in [-0.1, -0.05) is 30.3 Å². The molecule has 2 aliphatic heterocycles. The van der Waals surface area contributed by atoms with Crippen molar-refractivity contribution in [1.29, 1.82) is 5.26 Å². The number of benzene rings is 2. The standard InChI is InChI=1S/C32H26N2O5S/c1-16-7-12-19-22-14-21(17-8-10-18(38-2)11-9-17)26-28(27(22)32(37)39-24(19)13-16)30(36)34(29(26)35)31-23(15-33)20-5-3-4-6-25(20)40-31/h7-14,21,26-28H,3-6H2,1-2H3/t21-,26-,27-,28-/m0/s1. The molecular weight excluding hydrogens is 524 g/mol. The van der Waals surface area contributed by atoms with E-state index in [0.717, 1.165) is 52.8 Å². The predicted octanol–water partition coefficient (Wildman–Crippen LogP) is 5.34. The molecule has 0 N–H and O–H groups in total. The van der Waals surface area contributed by atoms with Gasteiger partial charge in [-0.15, -0.1) is 11.3 Å². The Kier molecular flexibility index (Phi) is 5.69. The Morgan fingerprint density at radius 3 is 2.52 bits per heavy atom. The van der Waals surface area contributed by atoms with Crippen LogP contribution in [0.4, 0.5) is 5.00 Å². The zero-order valence-electron chi connectivity index (χ0n) is 22.1. The molecule has 4 atom stereocenters. The average molecular weight is 551 g/mol. The number of thiophene rings is 1. The predicted molar refractivity (Wildman–Crippen MR) is 149 cm³/mol. The molecule has 1 saturated heterocycles. The molecule has 2 amide bonds. The maximum Gasteiger partial charge on any atom is 0.319 e. The molecule has 7 rings (SSSR count). The molecule has 0 bridgehead atoms. The van der Waals surface area contributed by atoms with E-state index in [1.165, 1.54) is 16.2 Å². The largest absolute Gasteiger partial charge is 0.497 e. The SMILES string of the molecule is COc1ccc([C@@H]2C=C3c4ccc(C)cc4OC(=O)[C@@H]3[C@H]3C(=O)N(c4sc5c(c4C#N)CCCC5)C(=O)[C@H]32)cc1. The van der Waals surface area contributed by atoms with Gasteiger partial charge < -0.3 is 9.47 Å². The monoisotopic (exact) mass is 550 g/mol. The number of aryl methyl sites for hydroxylation is 2. The van der Waals surface area contributed by atoms with Crippen molar-refractivity contribution < 1.29 is 23.9 Å². The minimum atomic E-state index is -0.938. The van der Waals surface area contributed by atoms with Crippen LogP contribution in [0.1, 0.15) is 51.5 Å². The maximum absolute atomic E-state index is 14.3. The molecule has 3 heterocycles. The fourth-order valence-electron chi connectivity index (χ4n) is 6.84. The normalized spacial score (nSPS) is 24.8. The lowest BCUT2D eigenvalue weighted by molar-refractivity contribution is -0.142. The third-order valence-electron chi connectivity index (χ3n) is 8.72. The van der Waals surface area contributed by atoms with E-state index in [0.29, 0.717) is 27.6 Å². The van der Waals surface area contributed by atoms with Gasteiger partial charge in [0.15, 0.2) is 0 Å². The Morgan fingerprint density at radius 2 is 1.77 bits per heavy atom. The lowest BCUT2D eigenvalue weighted by atomic mass is 9.64. The van der Waals surface area contributed by atoms with Crippen LogP contribution >= 0.6 is 11.3 Å². The van der Waals surface area contributed by atoms with Crippen molar-refractivity contribution in [3.05, 3.63) is 81.2 Å². The van der Waals surface area contributed by atoms with Crippen LogP contribution in [0, 0.1) is 36.0 Å². The topological polar surface area (TPSA) is 96.7 Å². The molecule has 4 aliphatic rings. The number of esters is 1. The van der Waals surface area contributed by atoms with E-state index in [1.54, 1.807) is 7.11 Å². The van der Waals surface area contributed by atoms with Crippen molar-refractivity contribution in [1.82, 2.24) is 0 Å². The quantitative estimate of drug-likeness (QED) is 0.248. The van der Waals surface area contributed by atoms with Gasteiger partial charge in [0.2, 0.25) is 11.8 Å². The van der Waals surface area contributed by atoms with Gasteiger partial charge in [-0.3, -0.25) is 14.4 Å². The number of methoxy groups -OCH3 is 1. The summed E-state index contributed by atoms with van der Waals surface area (Å²) in [4.78, 5) is 44.4. The Morgan fingerprint density at radius 1 is 1.02 bits per heavy atom. The fraction of sp³-hybridized carbons (Fsp3) is 0.312. The van der Waals surface area contributed by atoms with E-state index in [1.807, 2.05) is 55.5 Å². The number of carbonyl (C=O) groups excluding carboxylic acids is 3. The summed E-state index contributed by atoms with van der Waals surface area (Å²) < 4.78 is 11.1. The van der Waals surface area contributed by atoms with Crippen LogP contribution in [0.25, 0.3) is 5.57 Å². The highest BCUT2D eigenvalue weighted by Crippen LogP contribution is 2.56. The summed E-state index contributed by atoms with van der Waals surface area (Å²) in [5.41, 5.74) is 4.65. The minimum absolute atomic E-state index is 0.372. The van der Waals surface area contributed by atoms with Crippen molar-refractivity contribution in [2.45, 2.75) is 38.5 Å². The molecule has 2 aromatic carbocycles. The Labute approximate surface area is 235 Å². The van der Waals surface area contributed by atoms with Crippen molar-refractivity contribution in [2.24, 2.45) is 17.8 Å². The lowest BCUT2D eigenvalue weighted by Crippen LogP contribution is -2.42. The molecule has 40 heavy (non-hydrogen) atoms. The number of imide groups is 1. The number of hydrogen-bond donors (Lipinski definition) is 0. The molecule has 1 fully saturated rings. The van der Waals surface area contributed by atoms with E-state index in [-0.39, 0.29) is 5.91 Å². The highest BCUT2D eigenvalue weighted by molar-refractivity contribution is 7.17. The van der Waals surface area contributed by atoms with Gasteiger partial charge in [0.25, 0.3) is 0 Å². The molecular formula is C32H26N2O5S. The van der Waals surface area contributed by atoms with E-state index >= 15 is 0 Å². The lowest BCUT2D eigenvalue weighted by Gasteiger charge is -2.38. The molecule has 0 radical (unpaired) electrons. The highest BCUT2D eigenvalue weighted by Gasteiger charge is 2.61. The van der Waals surface area contributed by atoms with Crippen molar-refractivity contribution in [3.8, 4) is 17.6 Å². The molecule has 0 spiro atoms. The number of amides is 2. The summed E-state index contributed by atoms with van der Waals surface area (Å²) >= 11 is 1.37. The molecule has 2 aliphatic carbocycles. The third-order valence-corrected chi connectivity index (χ3v) is 10.00. The first-order valence-corrected chi connectivity index (χ1v) is 14.3. The van der Waals surface area contributed by atoms with E-state index in [4.69, 9.17) is 9.47 Å². The zero-order chi connectivity index (χ0) is 27.7.